The fourth-order valence-electron chi connectivity index (χ4n) is 2.14. The summed E-state index contributed by atoms with van der Waals surface area (Å²) in [5, 5.41) is 10.8. The third-order valence-corrected chi connectivity index (χ3v) is 3.57. The third-order valence-electron chi connectivity index (χ3n) is 3.57. The molecule has 0 bridgehead atoms. The predicted molar refractivity (Wildman–Crippen MR) is 81.9 cm³/mol. The molecule has 1 unspecified atom stereocenters. The molecule has 0 radical (unpaired) electrons. The van der Waals surface area contributed by atoms with Crippen molar-refractivity contribution in [3.8, 4) is 5.75 Å². The normalized spacial score (nSPS) is 12.0. The fourth-order valence-corrected chi connectivity index (χ4v) is 2.14. The van der Waals surface area contributed by atoms with Crippen LogP contribution in [-0.2, 0) is 0 Å². The Labute approximate surface area is 125 Å². The van der Waals surface area contributed by atoms with Crippen LogP contribution in [0.4, 0.5) is 5.69 Å². The van der Waals surface area contributed by atoms with E-state index in [1.54, 1.807) is 0 Å². The Bertz CT molecular complexity index is 499. The first-order valence-electron chi connectivity index (χ1n) is 7.41. The molecule has 0 aliphatic rings. The minimum Gasteiger partial charge on any atom is -0.493 e. The number of hydrogen-bond acceptors (Lipinski definition) is 4. The lowest BCUT2D eigenvalue weighted by atomic mass is 10.0. The lowest BCUT2D eigenvalue weighted by Gasteiger charge is -2.16. The van der Waals surface area contributed by atoms with Gasteiger partial charge in [0.05, 0.1) is 17.1 Å². The first kappa shape index (κ1) is 17.1. The number of nitro groups is 1. The van der Waals surface area contributed by atoms with Crippen molar-refractivity contribution in [2.75, 3.05) is 6.61 Å². The second-order valence-electron chi connectivity index (χ2n) is 5.22. The molecule has 0 fully saturated rings. The Balaban J connectivity index is 2.82. The molecule has 0 saturated heterocycles. The molecule has 0 saturated carbocycles. The number of nitrogens with zero attached hydrogens (tertiary/aromatic N) is 1. The summed E-state index contributed by atoms with van der Waals surface area (Å²) in [6.45, 7) is 6.19. The van der Waals surface area contributed by atoms with Crippen molar-refractivity contribution < 1.29 is 14.5 Å². The predicted octanol–water partition coefficient (Wildman–Crippen LogP) is 4.39. The minimum atomic E-state index is -0.508. The Morgan fingerprint density at radius 3 is 2.62 bits per heavy atom. The second-order valence-corrected chi connectivity index (χ2v) is 5.22. The summed E-state index contributed by atoms with van der Waals surface area (Å²) in [7, 11) is 0. The van der Waals surface area contributed by atoms with Gasteiger partial charge >= 0.3 is 0 Å². The summed E-state index contributed by atoms with van der Waals surface area (Å²) < 4.78 is 5.74. The number of ketones is 1. The zero-order valence-electron chi connectivity index (χ0n) is 12.9. The van der Waals surface area contributed by atoms with Gasteiger partial charge in [-0.2, -0.15) is 0 Å². The van der Waals surface area contributed by atoms with E-state index in [0.29, 0.717) is 18.3 Å². The number of benzene rings is 1. The van der Waals surface area contributed by atoms with E-state index in [1.807, 2.05) is 0 Å². The highest BCUT2D eigenvalue weighted by atomic mass is 16.6. The average molecular weight is 293 g/mol. The minimum absolute atomic E-state index is 0.0921. The second kappa shape index (κ2) is 8.39. The van der Waals surface area contributed by atoms with Gasteiger partial charge in [-0.15, -0.1) is 0 Å². The van der Waals surface area contributed by atoms with Crippen molar-refractivity contribution in [1.82, 2.24) is 0 Å². The Kier molecular flexibility index (Phi) is 6.85. The number of nitro benzene ring substituents is 1. The van der Waals surface area contributed by atoms with Crippen molar-refractivity contribution in [3.63, 3.8) is 0 Å². The summed E-state index contributed by atoms with van der Waals surface area (Å²) in [6, 6.07) is 4.17. The Morgan fingerprint density at radius 2 is 2.10 bits per heavy atom. The van der Waals surface area contributed by atoms with Crippen molar-refractivity contribution in [3.05, 3.63) is 33.9 Å². The summed E-state index contributed by atoms with van der Waals surface area (Å²) in [6.07, 6.45) is 4.41. The molecule has 0 aliphatic heterocycles. The Hall–Kier alpha value is -1.91. The van der Waals surface area contributed by atoms with Crippen molar-refractivity contribution in [2.45, 2.75) is 46.5 Å². The van der Waals surface area contributed by atoms with E-state index >= 15 is 0 Å². The fraction of sp³-hybridized carbons (Fsp3) is 0.562. The molecule has 1 aromatic carbocycles. The van der Waals surface area contributed by atoms with Crippen LogP contribution in [0.3, 0.4) is 0 Å². The number of rotatable bonds is 9. The molecule has 0 heterocycles. The van der Waals surface area contributed by atoms with Gasteiger partial charge in [0.1, 0.15) is 5.75 Å². The molecule has 1 aromatic rings. The van der Waals surface area contributed by atoms with Crippen molar-refractivity contribution in [2.24, 2.45) is 5.92 Å². The molecule has 5 nitrogen and oxygen atoms in total. The molecule has 5 heteroatoms. The highest BCUT2D eigenvalue weighted by Gasteiger charge is 2.16. The van der Waals surface area contributed by atoms with Crippen molar-refractivity contribution in [1.29, 1.82) is 0 Å². The number of non-ortho nitro benzene ring substituents is 1. The molecule has 116 valence electrons. The lowest BCUT2D eigenvalue weighted by Crippen LogP contribution is -2.13. The number of carbonyl (C=O) groups is 1. The zero-order valence-corrected chi connectivity index (χ0v) is 12.9. The smallest absolute Gasteiger partial charge is 0.270 e. The topological polar surface area (TPSA) is 69.4 Å². The SMILES string of the molecule is CCCCC(CC)COc1ccc([N+](=O)[O-])cc1C(C)=O. The van der Waals surface area contributed by atoms with Gasteiger partial charge in [0, 0.05) is 12.1 Å². The molecule has 0 aromatic heterocycles. The largest absolute Gasteiger partial charge is 0.493 e. The number of hydrogen-bond donors (Lipinski definition) is 0. The van der Waals surface area contributed by atoms with Gasteiger partial charge in [-0.05, 0) is 25.3 Å². The van der Waals surface area contributed by atoms with Crippen LogP contribution < -0.4 is 4.74 Å². The van der Waals surface area contributed by atoms with E-state index in [2.05, 4.69) is 13.8 Å². The molecule has 0 aliphatic carbocycles. The van der Waals surface area contributed by atoms with Crippen LogP contribution in [0.5, 0.6) is 5.75 Å². The van der Waals surface area contributed by atoms with Crippen LogP contribution in [0.1, 0.15) is 56.8 Å². The van der Waals surface area contributed by atoms with Crippen LogP contribution in [0.2, 0.25) is 0 Å². The van der Waals surface area contributed by atoms with Crippen LogP contribution in [0.25, 0.3) is 0 Å². The van der Waals surface area contributed by atoms with Gasteiger partial charge in [-0.25, -0.2) is 0 Å². The van der Waals surface area contributed by atoms with Crippen LogP contribution in [-0.4, -0.2) is 17.3 Å². The summed E-state index contributed by atoms with van der Waals surface area (Å²) in [5.74, 6) is 0.651. The molecule has 0 N–H and O–H groups in total. The molecular weight excluding hydrogens is 270 g/mol. The standard InChI is InChI=1S/C16H23NO4/c1-4-6-7-13(5-2)11-21-16-9-8-14(17(19)20)10-15(16)12(3)18/h8-10,13H,4-7,11H2,1-3H3. The highest BCUT2D eigenvalue weighted by Crippen LogP contribution is 2.26. The molecule has 0 amide bonds. The summed E-state index contributed by atoms with van der Waals surface area (Å²) in [4.78, 5) is 21.9. The van der Waals surface area contributed by atoms with Gasteiger partial charge in [0.2, 0.25) is 0 Å². The maximum atomic E-state index is 11.6. The monoisotopic (exact) mass is 293 g/mol. The Morgan fingerprint density at radius 1 is 1.38 bits per heavy atom. The molecular formula is C16H23NO4. The highest BCUT2D eigenvalue weighted by molar-refractivity contribution is 5.97. The number of Topliss-reactive ketones (excluding diaryl/α,β-unsaturated/α-hetero) is 1. The van der Waals surface area contributed by atoms with Gasteiger partial charge < -0.3 is 4.74 Å². The lowest BCUT2D eigenvalue weighted by molar-refractivity contribution is -0.384. The summed E-state index contributed by atoms with van der Waals surface area (Å²) >= 11 is 0. The zero-order chi connectivity index (χ0) is 15.8. The van der Waals surface area contributed by atoms with Crippen LogP contribution in [0, 0.1) is 16.0 Å². The van der Waals surface area contributed by atoms with E-state index in [1.165, 1.54) is 25.1 Å². The quantitative estimate of drug-likeness (QED) is 0.384. The number of carbonyl (C=O) groups excluding carboxylic acids is 1. The van der Waals surface area contributed by atoms with Crippen LogP contribution >= 0.6 is 0 Å². The van der Waals surface area contributed by atoms with E-state index in [-0.39, 0.29) is 17.0 Å². The first-order chi connectivity index (χ1) is 9.99. The average Bonchev–Trinajstić information content (AvgIpc) is 2.47. The van der Waals surface area contributed by atoms with Gasteiger partial charge in [-0.3, -0.25) is 14.9 Å². The van der Waals surface area contributed by atoms with E-state index in [4.69, 9.17) is 4.74 Å². The first-order valence-corrected chi connectivity index (χ1v) is 7.41. The summed E-state index contributed by atoms with van der Waals surface area (Å²) in [5.41, 5.74) is 0.181. The van der Waals surface area contributed by atoms with E-state index < -0.39 is 4.92 Å². The molecule has 1 rings (SSSR count). The number of ether oxygens (including phenoxy) is 1. The van der Waals surface area contributed by atoms with Gasteiger partial charge in [0.15, 0.2) is 5.78 Å². The number of unbranched alkanes of at least 4 members (excludes halogenated alkanes) is 1. The van der Waals surface area contributed by atoms with Gasteiger partial charge in [0.25, 0.3) is 5.69 Å². The maximum absolute atomic E-state index is 11.6. The van der Waals surface area contributed by atoms with Crippen molar-refractivity contribution >= 4 is 11.5 Å². The molecule has 0 spiro atoms. The van der Waals surface area contributed by atoms with E-state index in [0.717, 1.165) is 25.7 Å². The molecule has 1 atom stereocenters. The van der Waals surface area contributed by atoms with Gasteiger partial charge in [-0.1, -0.05) is 33.1 Å². The molecule has 21 heavy (non-hydrogen) atoms. The third kappa shape index (κ3) is 5.17. The van der Waals surface area contributed by atoms with Crippen LogP contribution in [0.15, 0.2) is 18.2 Å². The van der Waals surface area contributed by atoms with E-state index in [9.17, 15) is 14.9 Å². The maximum Gasteiger partial charge on any atom is 0.270 e.